The number of aryl methyl sites for hydroxylation is 1. The van der Waals surface area contributed by atoms with Crippen molar-refractivity contribution in [3.05, 3.63) is 71.8 Å². The lowest BCUT2D eigenvalue weighted by Crippen LogP contribution is -2.40. The van der Waals surface area contributed by atoms with Gasteiger partial charge in [0, 0.05) is 11.3 Å². The average Bonchev–Trinajstić information content (AvgIpc) is 3.52. The molecule has 2 aromatic rings. The monoisotopic (exact) mass is 398 g/mol. The minimum atomic E-state index is -0.220. The number of nitrogens with zero attached hydrogens (tertiary/aromatic N) is 1. The second kappa shape index (κ2) is 6.14. The summed E-state index contributed by atoms with van der Waals surface area (Å²) in [7, 11) is 0. The van der Waals surface area contributed by atoms with Crippen molar-refractivity contribution in [1.82, 2.24) is 0 Å². The van der Waals surface area contributed by atoms with Crippen molar-refractivity contribution in [3.8, 4) is 0 Å². The van der Waals surface area contributed by atoms with E-state index in [2.05, 4.69) is 17.5 Å². The molecule has 2 bridgehead atoms. The molecule has 1 N–H and O–H groups in total. The second-order valence-electron chi connectivity index (χ2n) is 9.04. The highest BCUT2D eigenvalue weighted by molar-refractivity contribution is 6.22. The number of carbonyl (C=O) groups is 3. The highest BCUT2D eigenvalue weighted by Gasteiger charge is 2.67. The van der Waals surface area contributed by atoms with E-state index in [0.717, 1.165) is 17.7 Å². The lowest BCUT2D eigenvalue weighted by molar-refractivity contribution is -0.124. The van der Waals surface area contributed by atoms with E-state index in [1.807, 2.05) is 31.2 Å². The van der Waals surface area contributed by atoms with Crippen molar-refractivity contribution < 1.29 is 14.4 Å². The summed E-state index contributed by atoms with van der Waals surface area (Å²) in [5.41, 5.74) is 2.84. The van der Waals surface area contributed by atoms with Crippen molar-refractivity contribution in [2.24, 2.45) is 35.5 Å². The average molecular weight is 398 g/mol. The molecule has 0 radical (unpaired) electrons. The van der Waals surface area contributed by atoms with Gasteiger partial charge in [-0.1, -0.05) is 24.3 Å². The van der Waals surface area contributed by atoms with Crippen LogP contribution in [0.5, 0.6) is 0 Å². The summed E-state index contributed by atoms with van der Waals surface area (Å²) in [5, 5.41) is 2.88. The SMILES string of the molecule is Cc1cccc(NC(=O)c2ccc(N3C(=O)[C@@H]4[C@H]5C=C[C@@H]([C@@H]6C[C@H]56)[C@H]4C3=O)cc2)c1. The zero-order valence-electron chi connectivity index (χ0n) is 16.6. The maximum Gasteiger partial charge on any atom is 0.255 e. The van der Waals surface area contributed by atoms with E-state index in [9.17, 15) is 14.4 Å². The Morgan fingerprint density at radius 1 is 0.933 bits per heavy atom. The quantitative estimate of drug-likeness (QED) is 0.632. The Kier molecular flexibility index (Phi) is 3.61. The first-order chi connectivity index (χ1) is 14.5. The summed E-state index contributed by atoms with van der Waals surface area (Å²) >= 11 is 0. The van der Waals surface area contributed by atoms with Gasteiger partial charge in [-0.25, -0.2) is 0 Å². The molecule has 3 fully saturated rings. The number of hydrogen-bond acceptors (Lipinski definition) is 3. The highest BCUT2D eigenvalue weighted by atomic mass is 16.2. The molecule has 3 amide bonds. The molecule has 1 saturated heterocycles. The summed E-state index contributed by atoms with van der Waals surface area (Å²) in [6.45, 7) is 1.97. The van der Waals surface area contributed by atoms with Gasteiger partial charge in [0.1, 0.15) is 0 Å². The molecule has 30 heavy (non-hydrogen) atoms. The number of allylic oxidation sites excluding steroid dienone is 2. The van der Waals surface area contributed by atoms with E-state index in [-0.39, 0.29) is 41.4 Å². The van der Waals surface area contributed by atoms with Crippen LogP contribution >= 0.6 is 0 Å². The van der Waals surface area contributed by atoms with Gasteiger partial charge in [0.25, 0.3) is 5.91 Å². The van der Waals surface area contributed by atoms with Crippen molar-refractivity contribution in [3.63, 3.8) is 0 Å². The molecule has 1 heterocycles. The summed E-state index contributed by atoms with van der Waals surface area (Å²) in [6.07, 6.45) is 5.50. The normalized spacial score (nSPS) is 32.8. The molecule has 7 rings (SSSR count). The number of imide groups is 1. The van der Waals surface area contributed by atoms with Crippen molar-refractivity contribution in [2.75, 3.05) is 10.2 Å². The van der Waals surface area contributed by atoms with Crippen LogP contribution in [0.25, 0.3) is 0 Å². The van der Waals surface area contributed by atoms with E-state index in [4.69, 9.17) is 0 Å². The Morgan fingerprint density at radius 2 is 1.57 bits per heavy atom. The first kappa shape index (κ1) is 17.6. The van der Waals surface area contributed by atoms with Crippen LogP contribution in [0.2, 0.25) is 0 Å². The van der Waals surface area contributed by atoms with Gasteiger partial charge in [0.05, 0.1) is 17.5 Å². The van der Waals surface area contributed by atoms with E-state index in [0.29, 0.717) is 23.1 Å². The van der Waals surface area contributed by atoms with E-state index in [1.54, 1.807) is 24.3 Å². The van der Waals surface area contributed by atoms with Gasteiger partial charge < -0.3 is 5.32 Å². The predicted molar refractivity (Wildman–Crippen MR) is 113 cm³/mol. The molecule has 4 aliphatic carbocycles. The molecule has 150 valence electrons. The Hall–Kier alpha value is -3.21. The fourth-order valence-corrected chi connectivity index (χ4v) is 5.90. The number of nitrogens with one attached hydrogen (secondary N) is 1. The third-order valence-corrected chi connectivity index (χ3v) is 7.33. The van der Waals surface area contributed by atoms with Gasteiger partial charge in [-0.05, 0) is 79.0 Å². The third-order valence-electron chi connectivity index (χ3n) is 7.33. The summed E-state index contributed by atoms with van der Waals surface area (Å²) in [4.78, 5) is 40.3. The molecular weight excluding hydrogens is 376 g/mol. The summed E-state index contributed by atoms with van der Waals surface area (Å²) < 4.78 is 0. The molecule has 1 aliphatic heterocycles. The number of carbonyl (C=O) groups excluding carboxylic acids is 3. The zero-order chi connectivity index (χ0) is 20.6. The highest BCUT2D eigenvalue weighted by Crippen LogP contribution is 2.65. The van der Waals surface area contributed by atoms with Crippen molar-refractivity contribution in [2.45, 2.75) is 13.3 Å². The number of rotatable bonds is 3. The number of anilines is 2. The molecule has 2 saturated carbocycles. The Bertz CT molecular complexity index is 1080. The van der Waals surface area contributed by atoms with Crippen LogP contribution in [0, 0.1) is 42.4 Å². The zero-order valence-corrected chi connectivity index (χ0v) is 16.6. The Labute approximate surface area is 174 Å². The second-order valence-corrected chi connectivity index (χ2v) is 9.04. The van der Waals surface area contributed by atoms with Crippen LogP contribution in [0.1, 0.15) is 22.3 Å². The van der Waals surface area contributed by atoms with Crippen LogP contribution < -0.4 is 10.2 Å². The molecular formula is C25H22N2O3. The summed E-state index contributed by atoms with van der Waals surface area (Å²) in [6, 6.07) is 14.4. The lowest BCUT2D eigenvalue weighted by atomic mass is 9.63. The van der Waals surface area contributed by atoms with Gasteiger partial charge in [0.2, 0.25) is 11.8 Å². The first-order valence-electron chi connectivity index (χ1n) is 10.6. The third kappa shape index (κ3) is 2.44. The molecule has 0 aromatic heterocycles. The standard InChI is InChI=1S/C25H22N2O3/c1-13-3-2-4-15(11-13)26-23(28)14-5-7-16(8-6-14)27-24(29)21-17-9-10-18(20-12-19(17)20)22(21)25(27)30/h2-11,17-22H,12H2,1H3,(H,26,28)/t17-,18-,19-,20+,21+,22+/m0/s1. The maximum atomic E-state index is 13.2. The predicted octanol–water partition coefficient (Wildman–Crippen LogP) is 3.80. The first-order valence-corrected chi connectivity index (χ1v) is 10.6. The number of amides is 3. The topological polar surface area (TPSA) is 66.5 Å². The van der Waals surface area contributed by atoms with E-state index < -0.39 is 0 Å². The van der Waals surface area contributed by atoms with Gasteiger partial charge in [0.15, 0.2) is 0 Å². The molecule has 2 aromatic carbocycles. The smallest absolute Gasteiger partial charge is 0.255 e. The molecule has 0 unspecified atom stereocenters. The largest absolute Gasteiger partial charge is 0.322 e. The Balaban J connectivity index is 1.23. The summed E-state index contributed by atoms with van der Waals surface area (Å²) in [5.74, 6) is 0.814. The molecule has 6 atom stereocenters. The molecule has 5 nitrogen and oxygen atoms in total. The van der Waals surface area contributed by atoms with Gasteiger partial charge >= 0.3 is 0 Å². The minimum absolute atomic E-state index is 0.0772. The van der Waals surface area contributed by atoms with Crippen LogP contribution in [0.4, 0.5) is 11.4 Å². The van der Waals surface area contributed by atoms with Crippen LogP contribution in [0.15, 0.2) is 60.7 Å². The number of hydrogen-bond donors (Lipinski definition) is 1. The molecule has 0 spiro atoms. The molecule has 5 aliphatic rings. The van der Waals surface area contributed by atoms with E-state index in [1.165, 1.54) is 4.90 Å². The van der Waals surface area contributed by atoms with Crippen molar-refractivity contribution >= 4 is 29.1 Å². The van der Waals surface area contributed by atoms with Gasteiger partial charge in [-0.2, -0.15) is 0 Å². The van der Waals surface area contributed by atoms with Gasteiger partial charge in [-0.3, -0.25) is 19.3 Å². The number of benzene rings is 2. The lowest BCUT2D eigenvalue weighted by Gasteiger charge is -2.37. The van der Waals surface area contributed by atoms with E-state index >= 15 is 0 Å². The van der Waals surface area contributed by atoms with Crippen LogP contribution in [-0.2, 0) is 9.59 Å². The fraction of sp³-hybridized carbons (Fsp3) is 0.320. The fourth-order valence-electron chi connectivity index (χ4n) is 5.90. The van der Waals surface area contributed by atoms with Gasteiger partial charge in [-0.15, -0.1) is 0 Å². The van der Waals surface area contributed by atoms with Crippen molar-refractivity contribution in [1.29, 1.82) is 0 Å². The molecule has 5 heteroatoms. The maximum absolute atomic E-state index is 13.2. The Morgan fingerprint density at radius 3 is 2.17 bits per heavy atom. The van der Waals surface area contributed by atoms with Crippen LogP contribution in [0.3, 0.4) is 0 Å². The van der Waals surface area contributed by atoms with Crippen LogP contribution in [-0.4, -0.2) is 17.7 Å². The minimum Gasteiger partial charge on any atom is -0.322 e.